The van der Waals surface area contributed by atoms with Crippen molar-refractivity contribution in [2.45, 2.75) is 39.2 Å². The lowest BCUT2D eigenvalue weighted by molar-refractivity contribution is 0.146. The monoisotopic (exact) mass is 502 g/mol. The maximum atomic E-state index is 13.4. The molecule has 0 aromatic heterocycles. The number of halogens is 2. The molecule has 4 rings (SSSR count). The molecule has 6 nitrogen and oxygen atoms in total. The largest absolute Gasteiger partial charge is 0.450 e. The lowest BCUT2D eigenvalue weighted by Crippen LogP contribution is -2.47. The topological polar surface area (TPSA) is 67.9 Å². The highest BCUT2D eigenvalue weighted by Crippen LogP contribution is 2.56. The number of amides is 2. The highest BCUT2D eigenvalue weighted by molar-refractivity contribution is 6.31. The third-order valence-electron chi connectivity index (χ3n) is 6.48. The molecule has 0 fully saturated rings. The summed E-state index contributed by atoms with van der Waals surface area (Å²) in [6.07, 6.45) is 4.22. The minimum absolute atomic E-state index is 0.00147. The zero-order valence-corrected chi connectivity index (χ0v) is 20.9. The van der Waals surface area contributed by atoms with Crippen molar-refractivity contribution >= 4 is 46.8 Å². The summed E-state index contributed by atoms with van der Waals surface area (Å²) in [7, 11) is 0. The van der Waals surface area contributed by atoms with Crippen LogP contribution in [0, 0.1) is 11.8 Å². The first-order valence-corrected chi connectivity index (χ1v) is 12.3. The van der Waals surface area contributed by atoms with Gasteiger partial charge in [-0.3, -0.25) is 10.2 Å². The summed E-state index contributed by atoms with van der Waals surface area (Å²) in [6, 6.07) is 10.4. The van der Waals surface area contributed by atoms with Crippen molar-refractivity contribution in [2.75, 3.05) is 23.4 Å². The first-order valence-electron chi connectivity index (χ1n) is 11.5. The van der Waals surface area contributed by atoms with E-state index in [4.69, 9.17) is 32.7 Å². The number of ether oxygens (including phenoxy) is 2. The molecule has 2 amide bonds. The normalized spacial score (nSPS) is 23.0. The molecule has 1 aliphatic carbocycles. The van der Waals surface area contributed by atoms with Crippen LogP contribution in [0.5, 0.6) is 0 Å². The molecule has 0 bridgehead atoms. The lowest BCUT2D eigenvalue weighted by Gasteiger charge is -2.49. The SMILES string of the molecule is CCOC(=O)Nc1ccc(Cl)cc1[C@H]1[C@@H]2[C@@H](C)CC=C[C@H]2c2cc(Cl)ccc2N1C(=O)OCC. The van der Waals surface area contributed by atoms with Crippen LogP contribution in [0.2, 0.25) is 10.0 Å². The number of hydrogen-bond acceptors (Lipinski definition) is 4. The van der Waals surface area contributed by atoms with Crippen LogP contribution in [0.3, 0.4) is 0 Å². The van der Waals surface area contributed by atoms with E-state index in [2.05, 4.69) is 24.4 Å². The molecule has 0 spiro atoms. The minimum Gasteiger partial charge on any atom is -0.450 e. The Kier molecular flexibility index (Phi) is 7.39. The second-order valence-electron chi connectivity index (χ2n) is 8.54. The molecule has 4 atom stereocenters. The number of rotatable bonds is 4. The fourth-order valence-electron chi connectivity index (χ4n) is 5.15. The van der Waals surface area contributed by atoms with Gasteiger partial charge in [-0.15, -0.1) is 0 Å². The Morgan fingerprint density at radius 3 is 2.41 bits per heavy atom. The minimum atomic E-state index is -0.565. The van der Waals surface area contributed by atoms with Crippen LogP contribution in [0.1, 0.15) is 50.3 Å². The van der Waals surface area contributed by atoms with Gasteiger partial charge in [-0.05, 0) is 74.1 Å². The predicted molar refractivity (Wildman–Crippen MR) is 135 cm³/mol. The van der Waals surface area contributed by atoms with Gasteiger partial charge >= 0.3 is 12.2 Å². The second kappa shape index (κ2) is 10.3. The molecule has 2 aromatic rings. The highest BCUT2D eigenvalue weighted by Gasteiger charge is 2.48. The number of anilines is 2. The zero-order chi connectivity index (χ0) is 24.4. The summed E-state index contributed by atoms with van der Waals surface area (Å²) < 4.78 is 10.6. The number of fused-ring (bicyclic) bond motifs is 3. The van der Waals surface area contributed by atoms with Gasteiger partial charge in [0.1, 0.15) is 0 Å². The van der Waals surface area contributed by atoms with Crippen molar-refractivity contribution in [3.05, 3.63) is 69.7 Å². The summed E-state index contributed by atoms with van der Waals surface area (Å²) in [5, 5.41) is 3.95. The summed E-state index contributed by atoms with van der Waals surface area (Å²) in [6.45, 7) is 6.18. The number of carbonyl (C=O) groups excluding carboxylic acids is 2. The molecule has 0 radical (unpaired) electrons. The molecule has 0 saturated heterocycles. The number of nitrogens with one attached hydrogen (secondary N) is 1. The molecule has 2 aliphatic rings. The maximum Gasteiger partial charge on any atom is 0.414 e. The van der Waals surface area contributed by atoms with E-state index < -0.39 is 18.2 Å². The van der Waals surface area contributed by atoms with Crippen molar-refractivity contribution in [3.63, 3.8) is 0 Å². The fourth-order valence-corrected chi connectivity index (χ4v) is 5.51. The van der Waals surface area contributed by atoms with E-state index in [1.807, 2.05) is 18.2 Å². The molecule has 8 heteroatoms. The first kappa shape index (κ1) is 24.4. The van der Waals surface area contributed by atoms with Gasteiger partial charge < -0.3 is 9.47 Å². The third kappa shape index (κ3) is 4.62. The van der Waals surface area contributed by atoms with Gasteiger partial charge in [0.25, 0.3) is 0 Å². The summed E-state index contributed by atoms with van der Waals surface area (Å²) in [5.41, 5.74) is 2.98. The Morgan fingerprint density at radius 2 is 1.71 bits per heavy atom. The van der Waals surface area contributed by atoms with E-state index in [-0.39, 0.29) is 31.0 Å². The standard InChI is InChI=1S/C26H28Cl2N2O4/c1-4-33-25(31)29-21-11-9-16(27)14-20(21)24-23-15(3)7-6-8-18(23)19-13-17(28)10-12-22(19)30(24)26(32)34-5-2/h6,8-15,18,23-24H,4-5,7H2,1-3H3,(H,29,31)/t15-,18-,23+,24-/m0/s1. The number of benzene rings is 2. The predicted octanol–water partition coefficient (Wildman–Crippen LogP) is 7.58. The van der Waals surface area contributed by atoms with E-state index in [9.17, 15) is 9.59 Å². The molecule has 1 heterocycles. The molecular formula is C26H28Cl2N2O4. The van der Waals surface area contributed by atoms with Crippen LogP contribution >= 0.6 is 23.2 Å². The zero-order valence-electron chi connectivity index (χ0n) is 19.4. The fraction of sp³-hybridized carbons (Fsp3) is 0.385. The van der Waals surface area contributed by atoms with Crippen LogP contribution in [0.4, 0.5) is 21.0 Å². The maximum absolute atomic E-state index is 13.4. The Hall–Kier alpha value is -2.70. The summed E-state index contributed by atoms with van der Waals surface area (Å²) >= 11 is 12.8. The smallest absolute Gasteiger partial charge is 0.414 e. The van der Waals surface area contributed by atoms with Gasteiger partial charge in [0.15, 0.2) is 0 Å². The summed E-state index contributed by atoms with van der Waals surface area (Å²) in [5.74, 6) is 0.266. The Balaban J connectivity index is 1.95. The van der Waals surface area contributed by atoms with Gasteiger partial charge in [-0.1, -0.05) is 42.3 Å². The van der Waals surface area contributed by atoms with E-state index in [0.717, 1.165) is 23.2 Å². The molecular weight excluding hydrogens is 475 g/mol. The average Bonchev–Trinajstić information content (AvgIpc) is 2.80. The van der Waals surface area contributed by atoms with Crippen LogP contribution in [-0.2, 0) is 9.47 Å². The quantitative estimate of drug-likeness (QED) is 0.437. The first-order chi connectivity index (χ1) is 16.3. The Bertz CT molecular complexity index is 1120. The molecule has 2 aromatic carbocycles. The van der Waals surface area contributed by atoms with Crippen LogP contribution < -0.4 is 10.2 Å². The molecule has 180 valence electrons. The molecule has 1 N–H and O–H groups in total. The van der Waals surface area contributed by atoms with Gasteiger partial charge in [-0.25, -0.2) is 9.59 Å². The molecule has 0 unspecified atom stereocenters. The van der Waals surface area contributed by atoms with E-state index in [0.29, 0.717) is 15.7 Å². The highest BCUT2D eigenvalue weighted by atomic mass is 35.5. The van der Waals surface area contributed by atoms with Gasteiger partial charge in [0, 0.05) is 27.2 Å². The Labute approximate surface area is 209 Å². The summed E-state index contributed by atoms with van der Waals surface area (Å²) in [4.78, 5) is 27.5. The van der Waals surface area contributed by atoms with E-state index >= 15 is 0 Å². The van der Waals surface area contributed by atoms with Crippen molar-refractivity contribution in [1.82, 2.24) is 0 Å². The van der Waals surface area contributed by atoms with Crippen molar-refractivity contribution in [3.8, 4) is 0 Å². The van der Waals surface area contributed by atoms with Gasteiger partial charge in [-0.2, -0.15) is 0 Å². The van der Waals surface area contributed by atoms with E-state index in [1.54, 1.807) is 36.9 Å². The van der Waals surface area contributed by atoms with Crippen LogP contribution in [-0.4, -0.2) is 25.4 Å². The van der Waals surface area contributed by atoms with Crippen molar-refractivity contribution in [1.29, 1.82) is 0 Å². The number of carbonyl (C=O) groups is 2. The molecule has 1 aliphatic heterocycles. The number of allylic oxidation sites excluding steroid dienone is 2. The molecule has 0 saturated carbocycles. The van der Waals surface area contributed by atoms with Gasteiger partial charge in [0.05, 0.1) is 24.9 Å². The van der Waals surface area contributed by atoms with Crippen molar-refractivity contribution in [2.24, 2.45) is 11.8 Å². The number of nitrogens with zero attached hydrogens (tertiary/aromatic N) is 1. The van der Waals surface area contributed by atoms with Crippen LogP contribution in [0.15, 0.2) is 48.6 Å². The Morgan fingerprint density at radius 1 is 1.03 bits per heavy atom. The van der Waals surface area contributed by atoms with Crippen LogP contribution in [0.25, 0.3) is 0 Å². The molecule has 34 heavy (non-hydrogen) atoms. The third-order valence-corrected chi connectivity index (χ3v) is 6.95. The van der Waals surface area contributed by atoms with Crippen molar-refractivity contribution < 1.29 is 19.1 Å². The average molecular weight is 503 g/mol. The second-order valence-corrected chi connectivity index (χ2v) is 9.41. The van der Waals surface area contributed by atoms with E-state index in [1.165, 1.54) is 0 Å². The van der Waals surface area contributed by atoms with Gasteiger partial charge in [0.2, 0.25) is 0 Å². The lowest BCUT2D eigenvalue weighted by atomic mass is 9.65. The number of hydrogen-bond donors (Lipinski definition) is 1.